The summed E-state index contributed by atoms with van der Waals surface area (Å²) in [6.45, 7) is 12.1. The Morgan fingerprint density at radius 1 is 0.737 bits per heavy atom. The second kappa shape index (κ2) is 17.8. The molecule has 2 aliphatic rings. The second-order valence-electron chi connectivity index (χ2n) is 17.9. The predicted molar refractivity (Wildman–Crippen MR) is 238 cm³/mol. The third-order valence-electron chi connectivity index (χ3n) is 12.7. The van der Waals surface area contributed by atoms with Crippen molar-refractivity contribution in [3.63, 3.8) is 0 Å². The maximum Gasteiger partial charge on any atom is 0.123 e. The van der Waals surface area contributed by atoms with Crippen LogP contribution in [-0.4, -0.2) is 18.0 Å². The van der Waals surface area contributed by atoms with Gasteiger partial charge in [-0.05, 0) is 87.1 Å². The van der Waals surface area contributed by atoms with E-state index in [0.717, 1.165) is 61.9 Å². The number of rotatable bonds is 8. The molecule has 7 aromatic rings. The first-order chi connectivity index (χ1) is 27.1. The van der Waals surface area contributed by atoms with Gasteiger partial charge in [-0.2, -0.15) is 0 Å². The zero-order valence-electron chi connectivity index (χ0n) is 34.3. The molecule has 1 radical (unpaired) electrons. The first-order valence-corrected chi connectivity index (χ1v) is 24.5. The fourth-order valence-electron chi connectivity index (χ4n) is 9.36. The third-order valence-corrected chi connectivity index (χ3v) is 14.7. The Morgan fingerprint density at radius 3 is 2.18 bits per heavy atom. The van der Waals surface area contributed by atoms with Crippen molar-refractivity contribution in [2.75, 3.05) is 0 Å². The Bertz CT molecular complexity index is 2400. The molecular formula is C52H56IrN2OSi-2. The zero-order chi connectivity index (χ0) is 38.7. The van der Waals surface area contributed by atoms with Gasteiger partial charge in [0.05, 0.1) is 13.7 Å². The van der Waals surface area contributed by atoms with E-state index >= 15 is 0 Å². The van der Waals surface area contributed by atoms with Crippen molar-refractivity contribution < 1.29 is 24.5 Å². The number of nitrogens with zero attached hydrogens (tertiary/aromatic N) is 2. The molecule has 0 spiro atoms. The van der Waals surface area contributed by atoms with Crippen molar-refractivity contribution in [3.05, 3.63) is 139 Å². The van der Waals surface area contributed by atoms with Gasteiger partial charge in [0.1, 0.15) is 5.58 Å². The number of pyridine rings is 2. The average Bonchev–Trinajstić information content (AvgIpc) is 3.91. The predicted octanol–water partition coefficient (Wildman–Crippen LogP) is 13.8. The van der Waals surface area contributed by atoms with Crippen LogP contribution in [0.3, 0.4) is 0 Å². The van der Waals surface area contributed by atoms with Gasteiger partial charge >= 0.3 is 0 Å². The average molecular weight is 945 g/mol. The molecule has 3 nitrogen and oxygen atoms in total. The molecule has 2 fully saturated rings. The van der Waals surface area contributed by atoms with Gasteiger partial charge in [0, 0.05) is 32.5 Å². The molecule has 295 valence electrons. The molecule has 5 heteroatoms. The van der Waals surface area contributed by atoms with E-state index in [1.807, 2.05) is 30.5 Å². The van der Waals surface area contributed by atoms with Gasteiger partial charge in [-0.3, -0.25) is 0 Å². The Hall–Kier alpha value is -4.15. The van der Waals surface area contributed by atoms with Crippen molar-refractivity contribution in [3.8, 4) is 33.6 Å². The van der Waals surface area contributed by atoms with Crippen LogP contribution in [0.2, 0.25) is 19.6 Å². The van der Waals surface area contributed by atoms with E-state index < -0.39 is 8.07 Å². The van der Waals surface area contributed by atoms with E-state index in [2.05, 4.69) is 131 Å². The summed E-state index contributed by atoms with van der Waals surface area (Å²) >= 11 is 0. The van der Waals surface area contributed by atoms with Gasteiger partial charge in [0.2, 0.25) is 0 Å². The third kappa shape index (κ3) is 9.12. The second-order valence-corrected chi connectivity index (χ2v) is 22.9. The number of hydrogen-bond acceptors (Lipinski definition) is 3. The number of para-hydroxylation sites is 1. The molecule has 0 saturated heterocycles. The van der Waals surface area contributed by atoms with Gasteiger partial charge in [0.15, 0.2) is 0 Å². The molecule has 9 rings (SSSR count). The summed E-state index contributed by atoms with van der Waals surface area (Å²) in [6, 6.07) is 42.9. The molecule has 4 aromatic carbocycles. The number of hydrogen-bond donors (Lipinski definition) is 0. The zero-order valence-corrected chi connectivity index (χ0v) is 37.7. The van der Waals surface area contributed by atoms with E-state index in [9.17, 15) is 0 Å². The molecule has 0 atom stereocenters. The maximum absolute atomic E-state index is 6.27. The van der Waals surface area contributed by atoms with Gasteiger partial charge in [-0.25, -0.2) is 0 Å². The molecule has 57 heavy (non-hydrogen) atoms. The molecular weight excluding hydrogens is 889 g/mol. The molecule has 3 aromatic heterocycles. The number of furan rings is 1. The van der Waals surface area contributed by atoms with Crippen molar-refractivity contribution in [1.29, 1.82) is 0 Å². The SMILES string of the molecule is CC(C)(c1ccnc(-c2[c-]c3oc4ccccc4c3c(-c3ccccc3)c2)c1)C1CCCC1.C[Si](C)(C)c1cnc(-c2[c-]cccc2)cc1CC1CCCCC1.[Ir]. The van der Waals surface area contributed by atoms with E-state index in [4.69, 9.17) is 14.4 Å². The number of benzene rings is 4. The molecule has 2 aliphatic carbocycles. The van der Waals surface area contributed by atoms with Crippen LogP contribution in [0.1, 0.15) is 82.8 Å². The summed E-state index contributed by atoms with van der Waals surface area (Å²) in [5.74, 6) is 1.60. The van der Waals surface area contributed by atoms with E-state index in [1.165, 1.54) is 75.3 Å². The maximum atomic E-state index is 6.27. The minimum Gasteiger partial charge on any atom is -0.477 e. The summed E-state index contributed by atoms with van der Waals surface area (Å²) in [5.41, 5.74) is 11.2. The molecule has 3 heterocycles. The van der Waals surface area contributed by atoms with Crippen LogP contribution >= 0.6 is 0 Å². The summed E-state index contributed by atoms with van der Waals surface area (Å²) in [4.78, 5) is 9.54. The van der Waals surface area contributed by atoms with E-state index in [1.54, 1.807) is 10.8 Å². The first-order valence-electron chi connectivity index (χ1n) is 21.0. The van der Waals surface area contributed by atoms with Crippen LogP contribution in [0, 0.1) is 24.0 Å². The van der Waals surface area contributed by atoms with Gasteiger partial charge < -0.3 is 14.4 Å². The van der Waals surface area contributed by atoms with E-state index in [0.29, 0.717) is 0 Å². The standard InChI is InChI=1S/C31H28NO.C21H28NSi.Ir/c1-31(2,23-12-6-7-13-23)24-16-17-32-27(20-24)22-18-26(21-10-4-3-5-11-21)30-25-14-8-9-15-28(25)33-29(30)19-22;1-23(2,3)21-16-22-20(18-12-8-5-9-13-18)15-19(21)14-17-10-6-4-7-11-17;/h3-5,8-11,14-18,20,23H,6-7,12-13H2,1-2H3;5,8-9,12,15-17H,4,6-7,10-11,14H2,1-3H3;/q2*-1;. The monoisotopic (exact) mass is 945 g/mol. The molecule has 0 aliphatic heterocycles. The van der Waals surface area contributed by atoms with Gasteiger partial charge in [-0.1, -0.05) is 156 Å². The topological polar surface area (TPSA) is 38.9 Å². The minimum absolute atomic E-state index is 0. The van der Waals surface area contributed by atoms with Crippen LogP contribution in [0.25, 0.3) is 55.6 Å². The molecule has 0 amide bonds. The van der Waals surface area contributed by atoms with E-state index in [-0.39, 0.29) is 25.5 Å². The Balaban J connectivity index is 0.000000183. The molecule has 0 bridgehead atoms. The van der Waals surface area contributed by atoms with Gasteiger partial charge in [0.25, 0.3) is 0 Å². The Labute approximate surface area is 355 Å². The van der Waals surface area contributed by atoms with Crippen molar-refractivity contribution in [2.24, 2.45) is 11.8 Å². The summed E-state index contributed by atoms with van der Waals surface area (Å²) in [5, 5.41) is 3.78. The Kier molecular flexibility index (Phi) is 12.8. The first kappa shape index (κ1) is 41.0. The summed E-state index contributed by atoms with van der Waals surface area (Å²) < 4.78 is 6.27. The smallest absolute Gasteiger partial charge is 0.123 e. The summed E-state index contributed by atoms with van der Waals surface area (Å²) in [6.07, 6.45) is 17.8. The number of aromatic nitrogens is 2. The fourth-order valence-corrected chi connectivity index (χ4v) is 11.0. The van der Waals surface area contributed by atoms with Crippen molar-refractivity contribution in [1.82, 2.24) is 9.97 Å². The molecule has 2 saturated carbocycles. The quantitative estimate of drug-likeness (QED) is 0.113. The van der Waals surface area contributed by atoms with Crippen LogP contribution in [0.5, 0.6) is 0 Å². The van der Waals surface area contributed by atoms with Gasteiger partial charge in [-0.15, -0.1) is 47.5 Å². The van der Waals surface area contributed by atoms with Crippen LogP contribution in [-0.2, 0) is 31.9 Å². The van der Waals surface area contributed by atoms with Crippen LogP contribution in [0.4, 0.5) is 0 Å². The van der Waals surface area contributed by atoms with Crippen LogP contribution in [0.15, 0.2) is 120 Å². The van der Waals surface area contributed by atoms with Crippen LogP contribution < -0.4 is 5.19 Å². The largest absolute Gasteiger partial charge is 0.477 e. The normalized spacial score (nSPS) is 15.3. The number of fused-ring (bicyclic) bond motifs is 3. The molecule has 0 unspecified atom stereocenters. The van der Waals surface area contributed by atoms with Crippen molar-refractivity contribution in [2.45, 2.75) is 103 Å². The molecule has 0 N–H and O–H groups in total. The Morgan fingerprint density at radius 2 is 1.44 bits per heavy atom. The van der Waals surface area contributed by atoms with Crippen molar-refractivity contribution >= 4 is 35.2 Å². The summed E-state index contributed by atoms with van der Waals surface area (Å²) in [7, 11) is -1.36. The minimum atomic E-state index is -1.36. The fraction of sp³-hybridized carbons (Fsp3) is 0.346.